The highest BCUT2D eigenvalue weighted by molar-refractivity contribution is 5.76. The maximum absolute atomic E-state index is 12.3. The molecule has 0 radical (unpaired) electrons. The van der Waals surface area contributed by atoms with Crippen LogP contribution in [0, 0.1) is 0 Å². The van der Waals surface area contributed by atoms with Gasteiger partial charge in [0.2, 0.25) is 5.88 Å². The number of benzene rings is 1. The third-order valence-electron chi connectivity index (χ3n) is 2.16. The number of hydrogen-bond donors (Lipinski definition) is 2. The van der Waals surface area contributed by atoms with Crippen molar-refractivity contribution in [2.45, 2.75) is 6.43 Å². The van der Waals surface area contributed by atoms with Crippen LogP contribution in [0.4, 0.5) is 14.7 Å². The summed E-state index contributed by atoms with van der Waals surface area (Å²) in [5, 5.41) is 13.0. The van der Waals surface area contributed by atoms with Crippen molar-refractivity contribution >= 4 is 5.88 Å². The first-order valence-electron chi connectivity index (χ1n) is 4.41. The molecule has 0 amide bonds. The molecule has 0 bridgehead atoms. The molecule has 3 N–H and O–H groups in total. The van der Waals surface area contributed by atoms with Gasteiger partial charge in [0.15, 0.2) is 0 Å². The molecular weight excluding hydrogens is 218 g/mol. The molecule has 0 aliphatic rings. The van der Waals surface area contributed by atoms with Gasteiger partial charge in [0.25, 0.3) is 6.43 Å². The number of rotatable bonds is 2. The first-order valence-corrected chi connectivity index (χ1v) is 4.41. The van der Waals surface area contributed by atoms with Crippen molar-refractivity contribution in [1.82, 2.24) is 5.16 Å². The van der Waals surface area contributed by atoms with Gasteiger partial charge < -0.3 is 15.4 Å². The summed E-state index contributed by atoms with van der Waals surface area (Å²) in [5.41, 5.74) is 5.88. The minimum atomic E-state index is -2.63. The molecule has 1 heterocycles. The van der Waals surface area contributed by atoms with Crippen LogP contribution < -0.4 is 5.73 Å². The highest BCUT2D eigenvalue weighted by Crippen LogP contribution is 2.35. The number of hydrogen-bond acceptors (Lipinski definition) is 4. The van der Waals surface area contributed by atoms with Gasteiger partial charge in [-0.15, -0.1) is 0 Å². The van der Waals surface area contributed by atoms with E-state index in [-0.39, 0.29) is 17.2 Å². The molecular formula is C10H8F2N2O2. The van der Waals surface area contributed by atoms with E-state index in [2.05, 4.69) is 9.68 Å². The van der Waals surface area contributed by atoms with E-state index in [1.807, 2.05) is 0 Å². The van der Waals surface area contributed by atoms with E-state index in [0.29, 0.717) is 11.1 Å². The highest BCUT2D eigenvalue weighted by Gasteiger charge is 2.14. The Bertz CT molecular complexity index is 511. The normalized spacial score (nSPS) is 10.9. The lowest BCUT2D eigenvalue weighted by Gasteiger charge is -2.05. The van der Waals surface area contributed by atoms with Gasteiger partial charge in [-0.25, -0.2) is 8.78 Å². The second kappa shape index (κ2) is 3.80. The Labute approximate surface area is 89.3 Å². The van der Waals surface area contributed by atoms with Crippen LogP contribution >= 0.6 is 0 Å². The maximum atomic E-state index is 12.3. The summed E-state index contributed by atoms with van der Waals surface area (Å²) in [6.07, 6.45) is -1.31. The van der Waals surface area contributed by atoms with Crippen LogP contribution in [0.1, 0.15) is 12.0 Å². The van der Waals surface area contributed by atoms with Crippen molar-refractivity contribution in [2.75, 3.05) is 5.73 Å². The fourth-order valence-corrected chi connectivity index (χ4v) is 1.36. The monoisotopic (exact) mass is 226 g/mol. The Kier molecular flexibility index (Phi) is 2.47. The number of halogens is 2. The number of aromatic nitrogens is 1. The van der Waals surface area contributed by atoms with Crippen LogP contribution in [-0.2, 0) is 0 Å². The molecule has 0 saturated carbocycles. The van der Waals surface area contributed by atoms with Crippen LogP contribution in [0.2, 0.25) is 0 Å². The molecule has 0 aliphatic heterocycles. The van der Waals surface area contributed by atoms with Gasteiger partial charge in [0.05, 0.1) is 11.8 Å². The molecule has 0 spiro atoms. The van der Waals surface area contributed by atoms with Gasteiger partial charge in [-0.05, 0) is 12.1 Å². The lowest BCUT2D eigenvalue weighted by atomic mass is 10.1. The molecule has 0 atom stereocenters. The van der Waals surface area contributed by atoms with Crippen LogP contribution in [0.3, 0.4) is 0 Å². The van der Waals surface area contributed by atoms with Crippen molar-refractivity contribution in [3.05, 3.63) is 30.0 Å². The molecule has 0 aliphatic carbocycles. The summed E-state index contributed by atoms with van der Waals surface area (Å²) in [6, 6.07) is 3.55. The van der Waals surface area contributed by atoms with Crippen molar-refractivity contribution in [3.8, 4) is 16.9 Å². The van der Waals surface area contributed by atoms with E-state index in [9.17, 15) is 13.9 Å². The Morgan fingerprint density at radius 2 is 2.06 bits per heavy atom. The predicted octanol–water partition coefficient (Wildman–Crippen LogP) is 2.57. The van der Waals surface area contributed by atoms with Crippen molar-refractivity contribution in [3.63, 3.8) is 0 Å². The minimum absolute atomic E-state index is 0.0279. The van der Waals surface area contributed by atoms with Gasteiger partial charge >= 0.3 is 0 Å². The van der Waals surface area contributed by atoms with E-state index in [1.165, 1.54) is 18.3 Å². The molecule has 1 aromatic carbocycles. The second-order valence-corrected chi connectivity index (χ2v) is 3.18. The van der Waals surface area contributed by atoms with Crippen LogP contribution in [0.25, 0.3) is 11.1 Å². The van der Waals surface area contributed by atoms with Crippen LogP contribution in [0.5, 0.6) is 5.75 Å². The van der Waals surface area contributed by atoms with E-state index in [1.54, 1.807) is 0 Å². The molecule has 6 heteroatoms. The van der Waals surface area contributed by atoms with Crippen molar-refractivity contribution in [1.29, 1.82) is 0 Å². The predicted molar refractivity (Wildman–Crippen MR) is 53.0 cm³/mol. The number of nitrogens with two attached hydrogens (primary N) is 1. The summed E-state index contributed by atoms with van der Waals surface area (Å²) in [7, 11) is 0. The van der Waals surface area contributed by atoms with Crippen LogP contribution in [0.15, 0.2) is 28.9 Å². The number of phenolic OH excluding ortho intramolecular Hbond substituents is 1. The van der Waals surface area contributed by atoms with Gasteiger partial charge in [-0.3, -0.25) is 0 Å². The SMILES string of the molecule is Nc1oncc1-c1ccc(C(F)F)cc1O. The van der Waals surface area contributed by atoms with Gasteiger partial charge in [0, 0.05) is 11.1 Å². The van der Waals surface area contributed by atoms with Crippen molar-refractivity contribution in [2.24, 2.45) is 0 Å². The molecule has 4 nitrogen and oxygen atoms in total. The smallest absolute Gasteiger partial charge is 0.263 e. The first-order chi connectivity index (χ1) is 7.59. The Morgan fingerprint density at radius 1 is 1.31 bits per heavy atom. The Balaban J connectivity index is 2.48. The summed E-state index contributed by atoms with van der Waals surface area (Å²) in [4.78, 5) is 0. The number of alkyl halides is 2. The van der Waals surface area contributed by atoms with Gasteiger partial charge in [-0.2, -0.15) is 0 Å². The third-order valence-corrected chi connectivity index (χ3v) is 2.16. The fourth-order valence-electron chi connectivity index (χ4n) is 1.36. The molecule has 16 heavy (non-hydrogen) atoms. The van der Waals surface area contributed by atoms with E-state index in [0.717, 1.165) is 6.07 Å². The number of nitrogen functional groups attached to an aromatic ring is 1. The van der Waals surface area contributed by atoms with E-state index in [4.69, 9.17) is 5.73 Å². The number of anilines is 1. The van der Waals surface area contributed by atoms with Gasteiger partial charge in [-0.1, -0.05) is 11.2 Å². The lowest BCUT2D eigenvalue weighted by molar-refractivity contribution is 0.151. The quantitative estimate of drug-likeness (QED) is 0.825. The molecule has 2 aromatic rings. The zero-order chi connectivity index (χ0) is 11.7. The lowest BCUT2D eigenvalue weighted by Crippen LogP contribution is -1.88. The molecule has 1 aromatic heterocycles. The van der Waals surface area contributed by atoms with Crippen LogP contribution in [-0.4, -0.2) is 10.3 Å². The summed E-state index contributed by atoms with van der Waals surface area (Å²) in [5.74, 6) is -0.257. The standard InChI is InChI=1S/C10H8F2N2O2/c11-9(12)5-1-2-6(8(15)3-5)7-4-14-16-10(7)13/h1-4,9,15H,13H2. The number of nitrogens with zero attached hydrogens (tertiary/aromatic N) is 1. The zero-order valence-electron chi connectivity index (χ0n) is 8.02. The molecule has 0 saturated heterocycles. The molecule has 0 unspecified atom stereocenters. The molecule has 0 fully saturated rings. The van der Waals surface area contributed by atoms with E-state index >= 15 is 0 Å². The average Bonchev–Trinajstić information content (AvgIpc) is 2.64. The maximum Gasteiger partial charge on any atom is 0.263 e. The van der Waals surface area contributed by atoms with E-state index < -0.39 is 6.43 Å². The number of phenols is 1. The molecule has 84 valence electrons. The van der Waals surface area contributed by atoms with Gasteiger partial charge in [0.1, 0.15) is 5.75 Å². The average molecular weight is 226 g/mol. The Hall–Kier alpha value is -2.11. The topological polar surface area (TPSA) is 72.3 Å². The zero-order valence-corrected chi connectivity index (χ0v) is 8.02. The Morgan fingerprint density at radius 3 is 2.56 bits per heavy atom. The number of aromatic hydroxyl groups is 1. The highest BCUT2D eigenvalue weighted by atomic mass is 19.3. The van der Waals surface area contributed by atoms with Crippen molar-refractivity contribution < 1.29 is 18.4 Å². The largest absolute Gasteiger partial charge is 0.507 e. The minimum Gasteiger partial charge on any atom is -0.507 e. The summed E-state index contributed by atoms with van der Waals surface area (Å²) in [6.45, 7) is 0. The second-order valence-electron chi connectivity index (χ2n) is 3.18. The fraction of sp³-hybridized carbons (Fsp3) is 0.100. The summed E-state index contributed by atoms with van der Waals surface area (Å²) < 4.78 is 29.3. The molecule has 2 rings (SSSR count). The summed E-state index contributed by atoms with van der Waals surface area (Å²) >= 11 is 0. The first kappa shape index (κ1) is 10.4. The third kappa shape index (κ3) is 1.69.